The van der Waals surface area contributed by atoms with Crippen LogP contribution in [-0.4, -0.2) is 19.9 Å². The van der Waals surface area contributed by atoms with Crippen LogP contribution in [0.1, 0.15) is 125 Å². The van der Waals surface area contributed by atoms with E-state index < -0.39 is 0 Å². The van der Waals surface area contributed by atoms with E-state index in [4.69, 9.17) is 19.9 Å². The van der Waals surface area contributed by atoms with Gasteiger partial charge in [0.1, 0.15) is 20.0 Å². The molecule has 4 aliphatic rings. The fraction of sp³-hybridized carbons (Fsp3) is 0.364. The van der Waals surface area contributed by atoms with Crippen LogP contribution in [0, 0.1) is 0 Å². The van der Waals surface area contributed by atoms with Gasteiger partial charge in [0.05, 0.1) is 42.3 Å². The molecule has 8 heterocycles. The van der Waals surface area contributed by atoms with Gasteiger partial charge in [-0.25, -0.2) is 19.9 Å². The lowest BCUT2D eigenvalue weighted by molar-refractivity contribution is 0.572. The van der Waals surface area contributed by atoms with E-state index >= 15 is 0 Å². The van der Waals surface area contributed by atoms with Gasteiger partial charge in [0.15, 0.2) is 0 Å². The summed E-state index contributed by atoms with van der Waals surface area (Å²) in [5, 5.41) is 4.12. The van der Waals surface area contributed by atoms with E-state index in [1.165, 1.54) is 19.5 Å². The second kappa shape index (κ2) is 13.1. The van der Waals surface area contributed by atoms with Crippen molar-refractivity contribution in [1.29, 1.82) is 0 Å². The molecule has 2 aromatic carbocycles. The number of thiazole rings is 4. The van der Waals surface area contributed by atoms with Crippen LogP contribution in [0.3, 0.4) is 0 Å². The van der Waals surface area contributed by atoms with Gasteiger partial charge in [-0.2, -0.15) is 0 Å². The molecule has 4 aromatic heterocycles. The number of nitrogens with zero attached hydrogens (tertiary/aromatic N) is 4. The van der Waals surface area contributed by atoms with Gasteiger partial charge in [0.25, 0.3) is 0 Å². The minimum Gasteiger partial charge on any atom is -0.240 e. The van der Waals surface area contributed by atoms with Crippen LogP contribution >= 0.6 is 45.3 Å². The Balaban J connectivity index is 1.43. The molecule has 0 N–H and O–H groups in total. The lowest BCUT2D eigenvalue weighted by atomic mass is 9.90. The van der Waals surface area contributed by atoms with E-state index in [-0.39, 0.29) is 21.7 Å². The molecule has 0 amide bonds. The molecule has 0 saturated heterocycles. The quantitative estimate of drug-likeness (QED) is 0.154. The highest BCUT2D eigenvalue weighted by Crippen LogP contribution is 2.42. The lowest BCUT2D eigenvalue weighted by Gasteiger charge is -2.17. The fourth-order valence-electron chi connectivity index (χ4n) is 6.24. The van der Waals surface area contributed by atoms with E-state index in [2.05, 4.69) is 156 Å². The molecule has 4 nitrogen and oxygen atoms in total. The normalized spacial score (nSPS) is 14.8. The lowest BCUT2D eigenvalue weighted by Crippen LogP contribution is -2.13. The minimum absolute atomic E-state index is 0.106. The SMILES string of the molecule is CC(C)(C)c1nc2sc1/C=C\c1sc(nc1C(C)(C)C)-c1ccc(cc1)-c1nc(C(C)(C)C)c(s1)/C=C\c1sc(nc1C(C)(C)C)-c1ccc-2cc1. The van der Waals surface area contributed by atoms with Crippen LogP contribution in [0.5, 0.6) is 0 Å². The van der Waals surface area contributed by atoms with Crippen LogP contribution in [0.25, 0.3) is 66.6 Å². The molecule has 0 radical (unpaired) electrons. The van der Waals surface area contributed by atoms with Gasteiger partial charge < -0.3 is 0 Å². The van der Waals surface area contributed by atoms with Crippen molar-refractivity contribution in [3.63, 3.8) is 0 Å². The van der Waals surface area contributed by atoms with Crippen molar-refractivity contribution in [2.45, 2.75) is 105 Å². The number of rotatable bonds is 0. The first-order valence-electron chi connectivity index (χ1n) is 17.9. The maximum absolute atomic E-state index is 5.25. The van der Waals surface area contributed by atoms with Crippen molar-refractivity contribution in [1.82, 2.24) is 19.9 Å². The van der Waals surface area contributed by atoms with Crippen LogP contribution in [0.4, 0.5) is 0 Å². The topological polar surface area (TPSA) is 51.6 Å². The monoisotopic (exact) mass is 760 g/mol. The first-order valence-corrected chi connectivity index (χ1v) is 21.2. The van der Waals surface area contributed by atoms with Gasteiger partial charge in [0, 0.05) is 43.9 Å². The van der Waals surface area contributed by atoms with Crippen LogP contribution in [0.15, 0.2) is 48.5 Å². The molecule has 8 heteroatoms. The summed E-state index contributed by atoms with van der Waals surface area (Å²) in [6.45, 7) is 27.0. The second-order valence-corrected chi connectivity index (χ2v) is 21.9. The first kappa shape index (κ1) is 36.8. The van der Waals surface area contributed by atoms with Crippen LogP contribution in [-0.2, 0) is 21.7 Å². The van der Waals surface area contributed by atoms with Crippen LogP contribution in [0.2, 0.25) is 0 Å². The summed E-state index contributed by atoms with van der Waals surface area (Å²) in [5.41, 5.74) is 8.51. The average molecular weight is 761 g/mol. The zero-order chi connectivity index (χ0) is 37.4. The van der Waals surface area contributed by atoms with E-state index in [1.807, 2.05) is 0 Å². The number of aromatic nitrogens is 4. The Morgan fingerprint density at radius 2 is 0.481 bits per heavy atom. The summed E-state index contributed by atoms with van der Waals surface area (Å²) < 4.78 is 0. The van der Waals surface area contributed by atoms with Crippen molar-refractivity contribution in [3.05, 3.63) is 90.8 Å². The highest BCUT2D eigenvalue weighted by molar-refractivity contribution is 7.17. The van der Waals surface area contributed by atoms with Gasteiger partial charge in [0.2, 0.25) is 0 Å². The molecule has 0 spiro atoms. The molecule has 268 valence electrons. The van der Waals surface area contributed by atoms with Crippen molar-refractivity contribution < 1.29 is 0 Å². The molecule has 0 unspecified atom stereocenters. The van der Waals surface area contributed by atoms with Crippen molar-refractivity contribution in [2.24, 2.45) is 0 Å². The summed E-state index contributed by atoms with van der Waals surface area (Å²) in [5.74, 6) is 0. The summed E-state index contributed by atoms with van der Waals surface area (Å²) in [4.78, 5) is 25.7. The molecule has 0 atom stereocenters. The number of benzene rings is 2. The van der Waals surface area contributed by atoms with Gasteiger partial charge in [-0.15, -0.1) is 45.3 Å². The highest BCUT2D eigenvalue weighted by atomic mass is 32.1. The molecular formula is C44H48N4S4. The predicted octanol–water partition coefficient (Wildman–Crippen LogP) is 14.0. The van der Waals surface area contributed by atoms with Gasteiger partial charge in [-0.05, 0) is 24.3 Å². The van der Waals surface area contributed by atoms with Crippen molar-refractivity contribution in [2.75, 3.05) is 0 Å². The highest BCUT2D eigenvalue weighted by Gasteiger charge is 2.28. The van der Waals surface area contributed by atoms with E-state index in [9.17, 15) is 0 Å². The van der Waals surface area contributed by atoms with Gasteiger partial charge in [-0.1, -0.05) is 132 Å². The molecule has 10 rings (SSSR count). The third-order valence-corrected chi connectivity index (χ3v) is 13.3. The first-order chi connectivity index (χ1) is 24.3. The third kappa shape index (κ3) is 7.32. The summed E-state index contributed by atoms with van der Waals surface area (Å²) in [6.07, 6.45) is 9.04. The van der Waals surface area contributed by atoms with Gasteiger partial charge >= 0.3 is 0 Å². The van der Waals surface area contributed by atoms with E-state index in [0.717, 1.165) is 65.1 Å². The van der Waals surface area contributed by atoms with Crippen molar-refractivity contribution >= 4 is 69.7 Å². The molecule has 12 bridgehead atoms. The minimum atomic E-state index is -0.106. The Kier molecular flexibility index (Phi) is 9.25. The Bertz CT molecular complexity index is 1980. The molecule has 0 fully saturated rings. The Morgan fingerprint density at radius 1 is 0.308 bits per heavy atom. The maximum atomic E-state index is 5.25. The Morgan fingerprint density at radius 3 is 0.635 bits per heavy atom. The maximum Gasteiger partial charge on any atom is 0.124 e. The molecule has 52 heavy (non-hydrogen) atoms. The van der Waals surface area contributed by atoms with Crippen molar-refractivity contribution in [3.8, 4) is 42.3 Å². The Labute approximate surface area is 325 Å². The largest absolute Gasteiger partial charge is 0.240 e. The summed E-state index contributed by atoms with van der Waals surface area (Å²) >= 11 is 7.03. The number of hydrogen-bond donors (Lipinski definition) is 0. The molecule has 6 aromatic rings. The fourth-order valence-corrected chi connectivity index (χ4v) is 11.0. The molecule has 0 aliphatic carbocycles. The number of hydrogen-bond acceptors (Lipinski definition) is 8. The molecule has 0 saturated carbocycles. The summed E-state index contributed by atoms with van der Waals surface area (Å²) in [7, 11) is 0. The molecular weight excluding hydrogens is 713 g/mol. The second-order valence-electron chi connectivity index (χ2n) is 17.7. The third-order valence-electron chi connectivity index (χ3n) is 8.98. The molecule has 4 aliphatic heterocycles. The smallest absolute Gasteiger partial charge is 0.124 e. The van der Waals surface area contributed by atoms with E-state index in [1.54, 1.807) is 45.3 Å². The predicted molar refractivity (Wildman–Crippen MR) is 230 cm³/mol. The van der Waals surface area contributed by atoms with Crippen LogP contribution < -0.4 is 0 Å². The van der Waals surface area contributed by atoms with Gasteiger partial charge in [-0.3, -0.25) is 0 Å². The standard InChI is InChI=1S/C44H48N4S4/c1-41(2,3)33-29-21-22-30-34(42(4,5)6)46-38(50-30)27-17-19-28(20-18-27)40-48-36(44(10,11)12)32(52-40)24-23-31-35(43(7,8)9)47-39(51-31)26-15-13-25(14-16-26)37(45-33)49-29/h13-24H,1-12H3/b22-21-,24-23-,29-21?,30-22?,31-23?,32-24?,37-25?,38-27?,39-26?,40-28?. The average Bonchev–Trinajstić information content (AvgIpc) is 3.85. The Hall–Kier alpha value is -3.56. The summed E-state index contributed by atoms with van der Waals surface area (Å²) in [6, 6.07) is 17.6. The van der Waals surface area contributed by atoms with E-state index in [0.29, 0.717) is 0 Å². The zero-order valence-corrected chi connectivity index (χ0v) is 35.6. The zero-order valence-electron chi connectivity index (χ0n) is 32.4.